The molecule has 1 aromatic rings. The van der Waals surface area contributed by atoms with Crippen molar-refractivity contribution in [3.8, 4) is 5.75 Å². The summed E-state index contributed by atoms with van der Waals surface area (Å²) >= 11 is 0. The van der Waals surface area contributed by atoms with Crippen molar-refractivity contribution in [3.05, 3.63) is 29.8 Å². The summed E-state index contributed by atoms with van der Waals surface area (Å²) < 4.78 is 0. The van der Waals surface area contributed by atoms with Crippen LogP contribution < -0.4 is 0 Å². The van der Waals surface area contributed by atoms with E-state index in [0.717, 1.165) is 0 Å². The summed E-state index contributed by atoms with van der Waals surface area (Å²) in [6.45, 7) is 6.87. The first-order valence-corrected chi connectivity index (χ1v) is 4.75. The first-order valence-electron chi connectivity index (χ1n) is 4.75. The molecule has 0 heterocycles. The zero-order valence-corrected chi connectivity index (χ0v) is 8.46. The van der Waals surface area contributed by atoms with E-state index in [4.69, 9.17) is 0 Å². The second-order valence-corrected chi connectivity index (χ2v) is 4.94. The van der Waals surface area contributed by atoms with Crippen LogP contribution in [-0.4, -0.2) is 5.11 Å². The third kappa shape index (κ3) is 1.14. The minimum atomic E-state index is 0.320. The van der Waals surface area contributed by atoms with E-state index in [1.165, 1.54) is 12.0 Å². The van der Waals surface area contributed by atoms with Gasteiger partial charge in [-0.3, -0.25) is 0 Å². The number of hydrogen-bond donors (Lipinski definition) is 1. The van der Waals surface area contributed by atoms with Crippen molar-refractivity contribution in [1.29, 1.82) is 0 Å². The van der Waals surface area contributed by atoms with E-state index in [1.807, 2.05) is 12.1 Å². The lowest BCUT2D eigenvalue weighted by Crippen LogP contribution is -2.08. The van der Waals surface area contributed by atoms with E-state index in [-0.39, 0.29) is 0 Å². The van der Waals surface area contributed by atoms with E-state index in [2.05, 4.69) is 20.8 Å². The lowest BCUT2D eigenvalue weighted by molar-refractivity contribution is 0.473. The van der Waals surface area contributed by atoms with Crippen LogP contribution in [-0.2, 0) is 5.41 Å². The number of rotatable bonds is 1. The highest BCUT2D eigenvalue weighted by Crippen LogP contribution is 2.63. The minimum Gasteiger partial charge on any atom is -0.508 e. The average molecular weight is 176 g/mol. The highest BCUT2D eigenvalue weighted by molar-refractivity contribution is 5.38. The molecule has 1 N–H and O–H groups in total. The normalized spacial score (nSPS) is 30.1. The van der Waals surface area contributed by atoms with Crippen LogP contribution in [0, 0.1) is 5.41 Å². The minimum absolute atomic E-state index is 0.320. The summed E-state index contributed by atoms with van der Waals surface area (Å²) in [6.07, 6.45) is 1.24. The van der Waals surface area contributed by atoms with Crippen molar-refractivity contribution in [3.63, 3.8) is 0 Å². The molecule has 0 spiro atoms. The Labute approximate surface area is 79.4 Å². The molecule has 1 aliphatic carbocycles. The summed E-state index contributed by atoms with van der Waals surface area (Å²) in [7, 11) is 0. The van der Waals surface area contributed by atoms with Crippen molar-refractivity contribution >= 4 is 0 Å². The van der Waals surface area contributed by atoms with Gasteiger partial charge < -0.3 is 5.11 Å². The van der Waals surface area contributed by atoms with E-state index < -0.39 is 0 Å². The number of hydrogen-bond acceptors (Lipinski definition) is 1. The van der Waals surface area contributed by atoms with Crippen LogP contribution in [0.25, 0.3) is 0 Å². The summed E-state index contributed by atoms with van der Waals surface area (Å²) in [5.74, 6) is 0.353. The smallest absolute Gasteiger partial charge is 0.115 e. The molecule has 0 bridgehead atoms. The molecular formula is C12H16O. The second kappa shape index (κ2) is 2.28. The van der Waals surface area contributed by atoms with Gasteiger partial charge in [-0.2, -0.15) is 0 Å². The first kappa shape index (κ1) is 8.61. The SMILES string of the molecule is CC1(C)CC1(C)c1ccc(O)cc1. The quantitative estimate of drug-likeness (QED) is 0.697. The van der Waals surface area contributed by atoms with Gasteiger partial charge in [-0.15, -0.1) is 0 Å². The maximum absolute atomic E-state index is 9.17. The third-order valence-corrected chi connectivity index (χ3v) is 3.67. The summed E-state index contributed by atoms with van der Waals surface area (Å²) in [5, 5.41) is 9.17. The van der Waals surface area contributed by atoms with Crippen molar-refractivity contribution in [2.24, 2.45) is 5.41 Å². The lowest BCUT2D eigenvalue weighted by Gasteiger charge is -2.15. The lowest BCUT2D eigenvalue weighted by atomic mass is 9.90. The Morgan fingerprint density at radius 3 is 1.92 bits per heavy atom. The molecule has 70 valence electrons. The molecule has 2 rings (SSSR count). The van der Waals surface area contributed by atoms with Crippen molar-refractivity contribution in [2.45, 2.75) is 32.6 Å². The molecule has 1 heteroatoms. The van der Waals surface area contributed by atoms with Crippen LogP contribution in [0.2, 0.25) is 0 Å². The molecule has 1 atom stereocenters. The van der Waals surface area contributed by atoms with Crippen LogP contribution in [0.4, 0.5) is 0 Å². The van der Waals surface area contributed by atoms with Gasteiger partial charge in [0.2, 0.25) is 0 Å². The third-order valence-electron chi connectivity index (χ3n) is 3.67. The molecule has 0 aliphatic heterocycles. The van der Waals surface area contributed by atoms with E-state index in [0.29, 0.717) is 16.6 Å². The van der Waals surface area contributed by atoms with E-state index in [1.54, 1.807) is 12.1 Å². The Bertz CT molecular complexity index is 323. The van der Waals surface area contributed by atoms with Gasteiger partial charge in [0.15, 0.2) is 0 Å². The molecule has 1 aromatic carbocycles. The molecule has 1 nitrogen and oxygen atoms in total. The first-order chi connectivity index (χ1) is 5.96. The predicted molar refractivity (Wildman–Crippen MR) is 53.9 cm³/mol. The Kier molecular flexibility index (Phi) is 1.51. The highest BCUT2D eigenvalue weighted by atomic mass is 16.3. The summed E-state index contributed by atoms with van der Waals surface area (Å²) in [5.41, 5.74) is 2.08. The van der Waals surface area contributed by atoms with Crippen molar-refractivity contribution in [2.75, 3.05) is 0 Å². The zero-order valence-electron chi connectivity index (χ0n) is 8.46. The van der Waals surface area contributed by atoms with Crippen LogP contribution >= 0.6 is 0 Å². The number of benzene rings is 1. The molecule has 1 fully saturated rings. The molecule has 0 radical (unpaired) electrons. The fourth-order valence-corrected chi connectivity index (χ4v) is 2.16. The van der Waals surface area contributed by atoms with Crippen LogP contribution in [0.5, 0.6) is 5.75 Å². The number of phenolic OH excluding ortho intramolecular Hbond substituents is 1. The molecule has 0 amide bonds. The van der Waals surface area contributed by atoms with Gasteiger partial charge in [-0.05, 0) is 34.9 Å². The summed E-state index contributed by atoms with van der Waals surface area (Å²) in [4.78, 5) is 0. The summed E-state index contributed by atoms with van der Waals surface area (Å²) in [6, 6.07) is 7.61. The molecule has 1 saturated carbocycles. The van der Waals surface area contributed by atoms with Gasteiger partial charge in [0, 0.05) is 0 Å². The van der Waals surface area contributed by atoms with Gasteiger partial charge in [-0.25, -0.2) is 0 Å². The van der Waals surface area contributed by atoms with Crippen LogP contribution in [0.3, 0.4) is 0 Å². The monoisotopic (exact) mass is 176 g/mol. The molecule has 0 aromatic heterocycles. The fourth-order valence-electron chi connectivity index (χ4n) is 2.16. The second-order valence-electron chi connectivity index (χ2n) is 4.94. The van der Waals surface area contributed by atoms with E-state index >= 15 is 0 Å². The molecular weight excluding hydrogens is 160 g/mol. The van der Waals surface area contributed by atoms with Crippen molar-refractivity contribution < 1.29 is 5.11 Å². The Morgan fingerprint density at radius 1 is 1.08 bits per heavy atom. The number of aromatic hydroxyl groups is 1. The van der Waals surface area contributed by atoms with Crippen LogP contribution in [0.15, 0.2) is 24.3 Å². The average Bonchev–Trinajstić information content (AvgIpc) is 2.53. The van der Waals surface area contributed by atoms with Gasteiger partial charge in [0.1, 0.15) is 5.75 Å². The molecule has 1 unspecified atom stereocenters. The Hall–Kier alpha value is -0.980. The fraction of sp³-hybridized carbons (Fsp3) is 0.500. The van der Waals surface area contributed by atoms with Gasteiger partial charge >= 0.3 is 0 Å². The van der Waals surface area contributed by atoms with E-state index in [9.17, 15) is 5.11 Å². The number of phenols is 1. The van der Waals surface area contributed by atoms with Gasteiger partial charge in [0.05, 0.1) is 0 Å². The molecule has 13 heavy (non-hydrogen) atoms. The maximum atomic E-state index is 9.17. The Morgan fingerprint density at radius 2 is 1.54 bits per heavy atom. The maximum Gasteiger partial charge on any atom is 0.115 e. The zero-order chi connectivity index (χ0) is 9.69. The van der Waals surface area contributed by atoms with Gasteiger partial charge in [-0.1, -0.05) is 32.9 Å². The Balaban J connectivity index is 2.34. The molecule has 0 saturated heterocycles. The van der Waals surface area contributed by atoms with Gasteiger partial charge in [0.25, 0.3) is 0 Å². The standard InChI is InChI=1S/C12H16O/c1-11(2)8-12(11,3)9-4-6-10(13)7-5-9/h4-7,13H,8H2,1-3H3. The topological polar surface area (TPSA) is 20.2 Å². The highest BCUT2D eigenvalue weighted by Gasteiger charge is 2.58. The van der Waals surface area contributed by atoms with Crippen molar-refractivity contribution in [1.82, 2.24) is 0 Å². The molecule has 1 aliphatic rings. The van der Waals surface area contributed by atoms with Crippen LogP contribution in [0.1, 0.15) is 32.8 Å². The largest absolute Gasteiger partial charge is 0.508 e. The predicted octanol–water partition coefficient (Wildman–Crippen LogP) is 3.08.